The van der Waals surface area contributed by atoms with E-state index in [1.165, 1.54) is 173 Å². The molecular weight excluding hydrogens is 781 g/mol. The van der Waals surface area contributed by atoms with Gasteiger partial charge < -0.3 is 14.2 Å². The number of rotatable bonds is 50. The maximum atomic E-state index is 12.8. The Morgan fingerprint density at radius 2 is 0.571 bits per heavy atom. The molecule has 6 nitrogen and oxygen atoms in total. The first kappa shape index (κ1) is 60.6. The summed E-state index contributed by atoms with van der Waals surface area (Å²) >= 11 is 0. The zero-order chi connectivity index (χ0) is 45.8. The van der Waals surface area contributed by atoms with Crippen LogP contribution in [0.4, 0.5) is 0 Å². The van der Waals surface area contributed by atoms with Gasteiger partial charge in [0.2, 0.25) is 0 Å². The molecule has 0 bridgehead atoms. The number of esters is 3. The largest absolute Gasteiger partial charge is 0.462 e. The monoisotopic (exact) mass is 885 g/mol. The highest BCUT2D eigenvalue weighted by Gasteiger charge is 2.19. The fourth-order valence-corrected chi connectivity index (χ4v) is 7.94. The van der Waals surface area contributed by atoms with Crippen LogP contribution < -0.4 is 0 Å². The number of hydrogen-bond donors (Lipinski definition) is 0. The fraction of sp³-hybridized carbons (Fsp3) is 0.842. The van der Waals surface area contributed by atoms with E-state index in [0.29, 0.717) is 19.3 Å². The molecule has 1 atom stereocenters. The highest BCUT2D eigenvalue weighted by Crippen LogP contribution is 2.16. The molecule has 0 fully saturated rings. The lowest BCUT2D eigenvalue weighted by Crippen LogP contribution is -2.30. The van der Waals surface area contributed by atoms with Gasteiger partial charge in [-0.15, -0.1) is 0 Å². The minimum absolute atomic E-state index is 0.0747. The Labute approximate surface area is 391 Å². The molecule has 0 radical (unpaired) electrons. The van der Waals surface area contributed by atoms with Gasteiger partial charge >= 0.3 is 17.9 Å². The van der Waals surface area contributed by atoms with Crippen LogP contribution in [0.25, 0.3) is 0 Å². The third-order valence-corrected chi connectivity index (χ3v) is 12.1. The lowest BCUT2D eigenvalue weighted by atomic mass is 10.0. The zero-order valence-corrected chi connectivity index (χ0v) is 42.1. The summed E-state index contributed by atoms with van der Waals surface area (Å²) < 4.78 is 16.8. The van der Waals surface area contributed by atoms with Crippen LogP contribution in [0.15, 0.2) is 36.5 Å². The summed E-state index contributed by atoms with van der Waals surface area (Å²) in [5, 5.41) is 0. The molecule has 0 unspecified atom stereocenters. The lowest BCUT2D eigenvalue weighted by Gasteiger charge is -2.18. The van der Waals surface area contributed by atoms with E-state index in [1.54, 1.807) is 0 Å². The third-order valence-electron chi connectivity index (χ3n) is 12.1. The Bertz CT molecular complexity index is 1060. The van der Waals surface area contributed by atoms with Crippen molar-refractivity contribution in [3.63, 3.8) is 0 Å². The molecule has 0 saturated carbocycles. The lowest BCUT2D eigenvalue weighted by molar-refractivity contribution is -0.167. The second-order valence-corrected chi connectivity index (χ2v) is 18.5. The molecule has 6 heteroatoms. The second-order valence-electron chi connectivity index (χ2n) is 18.5. The molecule has 0 rings (SSSR count). The molecule has 0 aliphatic rings. The molecule has 0 heterocycles. The quantitative estimate of drug-likeness (QED) is 0.0262. The Morgan fingerprint density at radius 1 is 0.317 bits per heavy atom. The topological polar surface area (TPSA) is 78.9 Å². The van der Waals surface area contributed by atoms with Crippen LogP contribution in [0.5, 0.6) is 0 Å². The van der Waals surface area contributed by atoms with E-state index in [9.17, 15) is 14.4 Å². The van der Waals surface area contributed by atoms with Crippen LogP contribution in [0, 0.1) is 0 Å². The number of allylic oxidation sites excluding steroid dienone is 6. The molecule has 0 aromatic heterocycles. The van der Waals surface area contributed by atoms with E-state index < -0.39 is 6.10 Å². The number of hydrogen-bond acceptors (Lipinski definition) is 6. The summed E-state index contributed by atoms with van der Waals surface area (Å²) in [5.74, 6) is -0.878. The highest BCUT2D eigenvalue weighted by atomic mass is 16.6. The van der Waals surface area contributed by atoms with E-state index in [2.05, 4.69) is 57.2 Å². The van der Waals surface area contributed by atoms with E-state index in [1.807, 2.05) is 0 Å². The SMILES string of the molecule is CCCCC/C=C\C/C=C\CCCCCCCCCC(=O)OC[C@H](COC(=O)CCCCCCCCCCCCCCCCC)OC(=O)CCCCCCC/C=C\CCCCCC. The van der Waals surface area contributed by atoms with Gasteiger partial charge in [-0.2, -0.15) is 0 Å². The second kappa shape index (κ2) is 52.3. The van der Waals surface area contributed by atoms with Crippen molar-refractivity contribution >= 4 is 17.9 Å². The van der Waals surface area contributed by atoms with Gasteiger partial charge in [0, 0.05) is 19.3 Å². The summed E-state index contributed by atoms with van der Waals surface area (Å²) in [5.41, 5.74) is 0. The molecule has 368 valence electrons. The Hall–Kier alpha value is -2.37. The fourth-order valence-electron chi connectivity index (χ4n) is 7.94. The molecular formula is C57H104O6. The average molecular weight is 885 g/mol. The number of carbonyl (C=O) groups excluding carboxylic acids is 3. The minimum Gasteiger partial charge on any atom is -0.462 e. The smallest absolute Gasteiger partial charge is 0.306 e. The van der Waals surface area contributed by atoms with Gasteiger partial charge in [-0.25, -0.2) is 0 Å². The maximum Gasteiger partial charge on any atom is 0.306 e. The van der Waals surface area contributed by atoms with Crippen molar-refractivity contribution in [2.75, 3.05) is 13.2 Å². The molecule has 0 amide bonds. The first-order valence-electron chi connectivity index (χ1n) is 27.5. The van der Waals surface area contributed by atoms with Gasteiger partial charge in [-0.05, 0) is 77.0 Å². The summed E-state index contributed by atoms with van der Waals surface area (Å²) in [4.78, 5) is 38.0. The van der Waals surface area contributed by atoms with Crippen LogP contribution in [0.2, 0.25) is 0 Å². The number of ether oxygens (including phenoxy) is 3. The van der Waals surface area contributed by atoms with Gasteiger partial charge in [0.25, 0.3) is 0 Å². The normalized spacial score (nSPS) is 12.2. The van der Waals surface area contributed by atoms with Gasteiger partial charge in [-0.3, -0.25) is 14.4 Å². The van der Waals surface area contributed by atoms with Crippen molar-refractivity contribution in [1.82, 2.24) is 0 Å². The van der Waals surface area contributed by atoms with E-state index in [0.717, 1.165) is 77.0 Å². The van der Waals surface area contributed by atoms with Gasteiger partial charge in [0.1, 0.15) is 13.2 Å². The summed E-state index contributed by atoms with van der Waals surface area (Å²) in [6, 6.07) is 0. The standard InChI is InChI=1S/C57H104O6/c1-4-7-10-13-16-19-22-25-27-28-30-33-35-38-41-44-47-50-56(59)62-53-54(63-57(60)51-48-45-42-39-36-31-24-21-18-15-12-9-6-3)52-61-55(58)49-46-43-40-37-34-32-29-26-23-20-17-14-11-8-5-2/h16,19,21,24-25,27,54H,4-15,17-18,20,22-23,26,28-53H2,1-3H3/b19-16-,24-21-,27-25-/t54-/m0/s1. The molecule has 0 aromatic rings. The molecule has 0 aromatic carbocycles. The van der Waals surface area contributed by atoms with Crippen molar-refractivity contribution in [3.8, 4) is 0 Å². The van der Waals surface area contributed by atoms with Crippen LogP contribution in [-0.4, -0.2) is 37.2 Å². The van der Waals surface area contributed by atoms with Crippen LogP contribution in [-0.2, 0) is 28.6 Å². The van der Waals surface area contributed by atoms with Crippen LogP contribution >= 0.6 is 0 Å². The first-order valence-corrected chi connectivity index (χ1v) is 27.5. The number of carbonyl (C=O) groups is 3. The molecule has 0 saturated heterocycles. The van der Waals surface area contributed by atoms with Crippen molar-refractivity contribution in [2.45, 2.75) is 297 Å². The molecule has 0 aliphatic carbocycles. The summed E-state index contributed by atoms with van der Waals surface area (Å²) in [6.07, 6.45) is 61.2. The van der Waals surface area contributed by atoms with Gasteiger partial charge in [0.15, 0.2) is 6.10 Å². The predicted molar refractivity (Wildman–Crippen MR) is 270 cm³/mol. The van der Waals surface area contributed by atoms with Crippen LogP contribution in [0.1, 0.15) is 290 Å². The zero-order valence-electron chi connectivity index (χ0n) is 42.1. The van der Waals surface area contributed by atoms with E-state index in [4.69, 9.17) is 14.2 Å². The first-order chi connectivity index (χ1) is 31.0. The van der Waals surface area contributed by atoms with E-state index in [-0.39, 0.29) is 31.1 Å². The maximum absolute atomic E-state index is 12.8. The van der Waals surface area contributed by atoms with Crippen LogP contribution in [0.3, 0.4) is 0 Å². The highest BCUT2D eigenvalue weighted by molar-refractivity contribution is 5.71. The summed E-state index contributed by atoms with van der Waals surface area (Å²) in [6.45, 7) is 6.62. The molecule has 0 aliphatic heterocycles. The molecule has 63 heavy (non-hydrogen) atoms. The third kappa shape index (κ3) is 50.5. The van der Waals surface area contributed by atoms with Crippen molar-refractivity contribution in [2.24, 2.45) is 0 Å². The Balaban J connectivity index is 4.35. The van der Waals surface area contributed by atoms with Gasteiger partial charge in [-0.1, -0.05) is 231 Å². The Kier molecular flexibility index (Phi) is 50.3. The van der Waals surface area contributed by atoms with Crippen molar-refractivity contribution < 1.29 is 28.6 Å². The summed E-state index contributed by atoms with van der Waals surface area (Å²) in [7, 11) is 0. The molecule has 0 N–H and O–H groups in total. The van der Waals surface area contributed by atoms with Gasteiger partial charge in [0.05, 0.1) is 0 Å². The minimum atomic E-state index is -0.776. The number of unbranched alkanes of at least 4 members (excludes halogenated alkanes) is 33. The Morgan fingerprint density at radius 3 is 0.937 bits per heavy atom. The van der Waals surface area contributed by atoms with E-state index >= 15 is 0 Å². The average Bonchev–Trinajstić information content (AvgIpc) is 3.28. The van der Waals surface area contributed by atoms with Crippen molar-refractivity contribution in [3.05, 3.63) is 36.5 Å². The predicted octanol–water partition coefficient (Wildman–Crippen LogP) is 18.1. The molecule has 0 spiro atoms. The van der Waals surface area contributed by atoms with Crippen molar-refractivity contribution in [1.29, 1.82) is 0 Å².